The molecule has 0 saturated carbocycles. The third-order valence-corrected chi connectivity index (χ3v) is 3.90. The summed E-state index contributed by atoms with van der Waals surface area (Å²) >= 11 is 0. The molecule has 3 rings (SSSR count). The van der Waals surface area contributed by atoms with Gasteiger partial charge in [-0.2, -0.15) is 5.10 Å². The Hall–Kier alpha value is -2.21. The van der Waals surface area contributed by atoms with Crippen LogP contribution in [0, 0.1) is 5.82 Å². The summed E-state index contributed by atoms with van der Waals surface area (Å²) in [5.74, 6) is -0.265. The number of amides is 1. The van der Waals surface area contributed by atoms with Gasteiger partial charge in [0.05, 0.1) is 13.2 Å². The quantitative estimate of drug-likeness (QED) is 0.873. The van der Waals surface area contributed by atoms with Gasteiger partial charge in [-0.3, -0.25) is 9.48 Å². The molecule has 116 valence electrons. The fraction of sp³-hybridized carbons (Fsp3) is 0.375. The predicted octanol–water partition coefficient (Wildman–Crippen LogP) is 2.18. The molecule has 1 saturated heterocycles. The number of rotatable bonds is 3. The molecule has 0 spiro atoms. The van der Waals surface area contributed by atoms with Gasteiger partial charge in [-0.05, 0) is 30.7 Å². The van der Waals surface area contributed by atoms with Gasteiger partial charge in [-0.1, -0.05) is 12.1 Å². The average Bonchev–Trinajstić information content (AvgIpc) is 3.09. The molecule has 1 aromatic heterocycles. The van der Waals surface area contributed by atoms with Crippen molar-refractivity contribution < 1.29 is 13.9 Å². The zero-order valence-corrected chi connectivity index (χ0v) is 12.4. The average molecular weight is 303 g/mol. The summed E-state index contributed by atoms with van der Waals surface area (Å²) in [7, 11) is 0. The van der Waals surface area contributed by atoms with E-state index in [2.05, 4.69) is 5.10 Å². The fourth-order valence-electron chi connectivity index (χ4n) is 2.62. The number of halogens is 1. The first-order chi connectivity index (χ1) is 10.6. The summed E-state index contributed by atoms with van der Waals surface area (Å²) in [6.45, 7) is 3.33. The normalized spacial score (nSPS) is 19.9. The second kappa shape index (κ2) is 6.27. The maximum atomic E-state index is 13.0. The van der Waals surface area contributed by atoms with Crippen LogP contribution in [-0.2, 0) is 9.53 Å². The van der Waals surface area contributed by atoms with E-state index >= 15 is 0 Å². The molecule has 1 aliphatic rings. The van der Waals surface area contributed by atoms with Gasteiger partial charge in [-0.25, -0.2) is 4.39 Å². The maximum absolute atomic E-state index is 13.0. The molecule has 1 fully saturated rings. The summed E-state index contributed by atoms with van der Waals surface area (Å²) in [5, 5.41) is 4.12. The molecule has 6 heteroatoms. The van der Waals surface area contributed by atoms with Crippen molar-refractivity contribution in [2.75, 3.05) is 19.7 Å². The first-order valence-electron chi connectivity index (χ1n) is 7.30. The van der Waals surface area contributed by atoms with Crippen molar-refractivity contribution in [2.24, 2.45) is 0 Å². The van der Waals surface area contributed by atoms with Crippen molar-refractivity contribution in [2.45, 2.75) is 19.1 Å². The molecule has 1 amide bonds. The van der Waals surface area contributed by atoms with Crippen LogP contribution >= 0.6 is 0 Å². The number of nitrogens with zero attached hydrogens (tertiary/aromatic N) is 3. The third-order valence-electron chi connectivity index (χ3n) is 3.90. The van der Waals surface area contributed by atoms with Crippen LogP contribution in [0.25, 0.3) is 0 Å². The largest absolute Gasteiger partial charge is 0.370 e. The molecular weight excluding hydrogens is 285 g/mol. The van der Waals surface area contributed by atoms with Crippen molar-refractivity contribution in [1.29, 1.82) is 0 Å². The summed E-state index contributed by atoms with van der Waals surface area (Å²) in [6, 6.07) is 7.67. The first-order valence-corrected chi connectivity index (χ1v) is 7.30. The van der Waals surface area contributed by atoms with E-state index in [9.17, 15) is 9.18 Å². The van der Waals surface area contributed by atoms with E-state index in [4.69, 9.17) is 4.74 Å². The van der Waals surface area contributed by atoms with E-state index in [1.165, 1.54) is 12.1 Å². The molecule has 2 heterocycles. The van der Waals surface area contributed by atoms with Gasteiger partial charge in [0.15, 0.2) is 0 Å². The van der Waals surface area contributed by atoms with E-state index in [-0.39, 0.29) is 23.9 Å². The van der Waals surface area contributed by atoms with Gasteiger partial charge < -0.3 is 9.64 Å². The number of ether oxygens (including phenoxy) is 1. The SMILES string of the molecule is C[C@H](C(=O)N1CCO[C@@H](c2ccc(F)cc2)C1)n1cccn1. The minimum atomic E-state index is -0.345. The Kier molecular flexibility index (Phi) is 4.20. The van der Waals surface area contributed by atoms with Crippen molar-refractivity contribution in [1.82, 2.24) is 14.7 Å². The van der Waals surface area contributed by atoms with Crippen LogP contribution in [0.3, 0.4) is 0 Å². The molecule has 0 N–H and O–H groups in total. The van der Waals surface area contributed by atoms with Gasteiger partial charge in [0, 0.05) is 18.9 Å². The second-order valence-electron chi connectivity index (χ2n) is 5.36. The van der Waals surface area contributed by atoms with E-state index in [0.29, 0.717) is 19.7 Å². The second-order valence-corrected chi connectivity index (χ2v) is 5.36. The van der Waals surface area contributed by atoms with Gasteiger partial charge in [0.1, 0.15) is 18.0 Å². The monoisotopic (exact) mass is 303 g/mol. The number of benzene rings is 1. The smallest absolute Gasteiger partial charge is 0.247 e. The van der Waals surface area contributed by atoms with Crippen LogP contribution in [0.5, 0.6) is 0 Å². The lowest BCUT2D eigenvalue weighted by Crippen LogP contribution is -2.45. The maximum Gasteiger partial charge on any atom is 0.247 e. The van der Waals surface area contributed by atoms with Gasteiger partial charge in [-0.15, -0.1) is 0 Å². The number of morpholine rings is 1. The predicted molar refractivity (Wildman–Crippen MR) is 78.6 cm³/mol. The number of hydrogen-bond acceptors (Lipinski definition) is 3. The lowest BCUT2D eigenvalue weighted by molar-refractivity contribution is -0.142. The summed E-state index contributed by atoms with van der Waals surface area (Å²) in [5.41, 5.74) is 0.880. The Balaban J connectivity index is 1.70. The van der Waals surface area contributed by atoms with Crippen LogP contribution in [0.4, 0.5) is 4.39 Å². The van der Waals surface area contributed by atoms with Crippen LogP contribution in [0.15, 0.2) is 42.7 Å². The topological polar surface area (TPSA) is 47.4 Å². The van der Waals surface area contributed by atoms with Crippen LogP contribution in [0.2, 0.25) is 0 Å². The standard InChI is InChI=1S/C16H18FN3O2/c1-12(20-8-2-7-18-20)16(21)19-9-10-22-15(11-19)13-3-5-14(17)6-4-13/h2-8,12,15H,9-11H2,1H3/t12-,15-/m1/s1. The van der Waals surface area contributed by atoms with E-state index in [0.717, 1.165) is 5.56 Å². The Morgan fingerprint density at radius 1 is 1.41 bits per heavy atom. The third kappa shape index (κ3) is 3.01. The van der Waals surface area contributed by atoms with Crippen molar-refractivity contribution >= 4 is 5.91 Å². The molecule has 2 aromatic rings. The Morgan fingerprint density at radius 2 is 2.18 bits per heavy atom. The Labute approximate surface area is 128 Å². The highest BCUT2D eigenvalue weighted by atomic mass is 19.1. The number of carbonyl (C=O) groups is 1. The van der Waals surface area contributed by atoms with Crippen LogP contribution in [-0.4, -0.2) is 40.3 Å². The fourth-order valence-corrected chi connectivity index (χ4v) is 2.62. The molecular formula is C16H18FN3O2. The van der Waals surface area contributed by atoms with Gasteiger partial charge in [0.2, 0.25) is 5.91 Å². The van der Waals surface area contributed by atoms with Crippen molar-refractivity contribution in [3.8, 4) is 0 Å². The Morgan fingerprint density at radius 3 is 2.86 bits per heavy atom. The molecule has 22 heavy (non-hydrogen) atoms. The number of aromatic nitrogens is 2. The highest BCUT2D eigenvalue weighted by Crippen LogP contribution is 2.24. The van der Waals surface area contributed by atoms with E-state index in [1.54, 1.807) is 40.2 Å². The molecule has 5 nitrogen and oxygen atoms in total. The molecule has 0 unspecified atom stereocenters. The first kappa shape index (κ1) is 14.7. The van der Waals surface area contributed by atoms with Crippen molar-refractivity contribution in [3.63, 3.8) is 0 Å². The highest BCUT2D eigenvalue weighted by molar-refractivity contribution is 5.80. The number of carbonyl (C=O) groups excluding carboxylic acids is 1. The van der Waals surface area contributed by atoms with Gasteiger partial charge >= 0.3 is 0 Å². The zero-order chi connectivity index (χ0) is 15.5. The summed E-state index contributed by atoms with van der Waals surface area (Å²) in [4.78, 5) is 14.4. The minimum Gasteiger partial charge on any atom is -0.370 e. The molecule has 1 aliphatic heterocycles. The molecule has 0 aliphatic carbocycles. The van der Waals surface area contributed by atoms with Crippen LogP contribution < -0.4 is 0 Å². The highest BCUT2D eigenvalue weighted by Gasteiger charge is 2.29. The van der Waals surface area contributed by atoms with Gasteiger partial charge in [0.25, 0.3) is 0 Å². The Bertz CT molecular complexity index is 627. The van der Waals surface area contributed by atoms with Crippen LogP contribution in [0.1, 0.15) is 24.6 Å². The molecule has 0 bridgehead atoms. The van der Waals surface area contributed by atoms with E-state index in [1.807, 2.05) is 6.92 Å². The zero-order valence-electron chi connectivity index (χ0n) is 12.4. The molecule has 1 aromatic carbocycles. The lowest BCUT2D eigenvalue weighted by atomic mass is 10.1. The summed E-state index contributed by atoms with van der Waals surface area (Å²) < 4.78 is 20.4. The summed E-state index contributed by atoms with van der Waals surface area (Å²) in [6.07, 6.45) is 3.22. The number of hydrogen-bond donors (Lipinski definition) is 0. The molecule has 2 atom stereocenters. The molecule has 0 radical (unpaired) electrons. The minimum absolute atomic E-state index is 0.0131. The lowest BCUT2D eigenvalue weighted by Gasteiger charge is -2.34. The van der Waals surface area contributed by atoms with Crippen molar-refractivity contribution in [3.05, 3.63) is 54.1 Å². The van der Waals surface area contributed by atoms with E-state index < -0.39 is 0 Å².